The van der Waals surface area contributed by atoms with Gasteiger partial charge in [-0.15, -0.1) is 11.3 Å². The van der Waals surface area contributed by atoms with Crippen LogP contribution in [-0.4, -0.2) is 25.1 Å². The van der Waals surface area contributed by atoms with Crippen LogP contribution in [0.5, 0.6) is 5.75 Å². The number of methoxy groups -OCH3 is 1. The number of nitrogen functional groups attached to an aromatic ring is 1. The van der Waals surface area contributed by atoms with Gasteiger partial charge >= 0.3 is 0 Å². The molecule has 1 amide bonds. The van der Waals surface area contributed by atoms with Gasteiger partial charge < -0.3 is 21.1 Å². The SMILES string of the molecule is CCNC(=O)c1sc(NC(C)(C)C2CC2)c(OC)c1N. The Morgan fingerprint density at radius 3 is 2.65 bits per heavy atom. The lowest BCUT2D eigenvalue weighted by molar-refractivity contribution is 0.0960. The summed E-state index contributed by atoms with van der Waals surface area (Å²) < 4.78 is 5.37. The Kier molecular flexibility index (Phi) is 4.13. The van der Waals surface area contributed by atoms with Crippen molar-refractivity contribution < 1.29 is 9.53 Å². The summed E-state index contributed by atoms with van der Waals surface area (Å²) in [6.45, 7) is 6.81. The highest BCUT2D eigenvalue weighted by Crippen LogP contribution is 2.47. The normalized spacial score (nSPS) is 15.0. The third-order valence-corrected chi connectivity index (χ3v) is 4.78. The molecule has 0 saturated heterocycles. The number of carbonyl (C=O) groups excluding carboxylic acids is 1. The average molecular weight is 297 g/mol. The first-order valence-electron chi connectivity index (χ1n) is 6.93. The quantitative estimate of drug-likeness (QED) is 0.754. The topological polar surface area (TPSA) is 76.4 Å². The van der Waals surface area contributed by atoms with Crippen molar-refractivity contribution in [2.75, 3.05) is 24.7 Å². The van der Waals surface area contributed by atoms with Gasteiger partial charge in [-0.1, -0.05) is 0 Å². The lowest BCUT2D eigenvalue weighted by Gasteiger charge is -2.27. The monoisotopic (exact) mass is 297 g/mol. The van der Waals surface area contributed by atoms with E-state index in [1.165, 1.54) is 24.2 Å². The lowest BCUT2D eigenvalue weighted by atomic mass is 9.99. The number of ether oxygens (including phenoxy) is 1. The molecule has 6 heteroatoms. The summed E-state index contributed by atoms with van der Waals surface area (Å²) in [5.74, 6) is 1.10. The summed E-state index contributed by atoms with van der Waals surface area (Å²) in [5, 5.41) is 7.10. The standard InChI is InChI=1S/C14H23N3O2S/c1-5-16-12(18)11-9(15)10(19-4)13(20-11)17-14(2,3)8-6-7-8/h8,17H,5-7,15H2,1-4H3,(H,16,18). The number of nitrogens with one attached hydrogen (secondary N) is 2. The van der Waals surface area contributed by atoms with Gasteiger partial charge in [0.2, 0.25) is 0 Å². The van der Waals surface area contributed by atoms with Crippen molar-refractivity contribution in [3.05, 3.63) is 4.88 Å². The summed E-state index contributed by atoms with van der Waals surface area (Å²) in [6, 6.07) is 0. The maximum absolute atomic E-state index is 12.0. The zero-order valence-corrected chi connectivity index (χ0v) is 13.3. The predicted octanol–water partition coefficient (Wildman–Crippen LogP) is 2.69. The summed E-state index contributed by atoms with van der Waals surface area (Å²) in [6.07, 6.45) is 2.48. The van der Waals surface area contributed by atoms with E-state index in [1.807, 2.05) is 6.92 Å². The van der Waals surface area contributed by atoms with Gasteiger partial charge in [0, 0.05) is 12.1 Å². The molecule has 2 rings (SSSR count). The average Bonchev–Trinajstić information content (AvgIpc) is 3.17. The van der Waals surface area contributed by atoms with Gasteiger partial charge in [-0.3, -0.25) is 4.79 Å². The fraction of sp³-hybridized carbons (Fsp3) is 0.643. The molecular weight excluding hydrogens is 274 g/mol. The molecule has 0 aromatic carbocycles. The van der Waals surface area contributed by atoms with Crippen LogP contribution in [0.3, 0.4) is 0 Å². The summed E-state index contributed by atoms with van der Waals surface area (Å²) in [5.41, 5.74) is 6.44. The fourth-order valence-corrected chi connectivity index (χ4v) is 3.49. The lowest BCUT2D eigenvalue weighted by Crippen LogP contribution is -2.32. The van der Waals surface area contributed by atoms with Gasteiger partial charge in [0.15, 0.2) is 5.75 Å². The third kappa shape index (κ3) is 2.85. The number of amides is 1. The molecule has 1 aromatic rings. The van der Waals surface area contributed by atoms with Crippen LogP contribution in [0.4, 0.5) is 10.7 Å². The van der Waals surface area contributed by atoms with Crippen molar-refractivity contribution >= 4 is 27.9 Å². The van der Waals surface area contributed by atoms with E-state index in [4.69, 9.17) is 10.5 Å². The molecule has 0 bridgehead atoms. The van der Waals surface area contributed by atoms with Crippen LogP contribution in [0.1, 0.15) is 43.3 Å². The number of carbonyl (C=O) groups is 1. The van der Waals surface area contributed by atoms with Gasteiger partial charge in [-0.05, 0) is 39.5 Å². The van der Waals surface area contributed by atoms with Crippen LogP contribution in [0.15, 0.2) is 0 Å². The van der Waals surface area contributed by atoms with E-state index < -0.39 is 0 Å². The Morgan fingerprint density at radius 1 is 1.50 bits per heavy atom. The van der Waals surface area contributed by atoms with Crippen LogP contribution < -0.4 is 21.1 Å². The Labute approximate surface area is 123 Å². The number of anilines is 2. The van der Waals surface area contributed by atoms with Gasteiger partial charge in [0.05, 0.1) is 7.11 Å². The molecule has 1 fully saturated rings. The smallest absolute Gasteiger partial charge is 0.263 e. The van der Waals surface area contributed by atoms with Crippen molar-refractivity contribution in [1.82, 2.24) is 5.32 Å². The molecule has 112 valence electrons. The second-order valence-corrected chi connectivity index (χ2v) is 6.71. The molecule has 4 N–H and O–H groups in total. The Hall–Kier alpha value is -1.43. The van der Waals surface area contributed by atoms with E-state index >= 15 is 0 Å². The molecule has 0 atom stereocenters. The molecule has 20 heavy (non-hydrogen) atoms. The number of hydrogen-bond donors (Lipinski definition) is 3. The number of nitrogens with two attached hydrogens (primary N) is 1. The highest BCUT2D eigenvalue weighted by molar-refractivity contribution is 7.19. The van der Waals surface area contributed by atoms with Gasteiger partial charge in [-0.2, -0.15) is 0 Å². The highest BCUT2D eigenvalue weighted by Gasteiger charge is 2.39. The molecule has 1 saturated carbocycles. The van der Waals surface area contributed by atoms with Crippen molar-refractivity contribution in [2.24, 2.45) is 5.92 Å². The zero-order chi connectivity index (χ0) is 14.9. The molecule has 1 aliphatic carbocycles. The van der Waals surface area contributed by atoms with E-state index in [9.17, 15) is 4.79 Å². The predicted molar refractivity (Wildman–Crippen MR) is 83.7 cm³/mol. The molecule has 5 nitrogen and oxygen atoms in total. The van der Waals surface area contributed by atoms with Crippen LogP contribution >= 0.6 is 11.3 Å². The summed E-state index contributed by atoms with van der Waals surface area (Å²) in [7, 11) is 1.58. The van der Waals surface area contributed by atoms with Gasteiger partial charge in [0.25, 0.3) is 5.91 Å². The number of thiophene rings is 1. The first-order valence-corrected chi connectivity index (χ1v) is 7.75. The van der Waals surface area contributed by atoms with Crippen LogP contribution in [0.2, 0.25) is 0 Å². The molecule has 1 aliphatic rings. The zero-order valence-electron chi connectivity index (χ0n) is 12.5. The van der Waals surface area contributed by atoms with Crippen molar-refractivity contribution in [2.45, 2.75) is 39.2 Å². The molecule has 0 radical (unpaired) electrons. The summed E-state index contributed by atoms with van der Waals surface area (Å²) >= 11 is 1.36. The van der Waals surface area contributed by atoms with Crippen molar-refractivity contribution in [1.29, 1.82) is 0 Å². The van der Waals surface area contributed by atoms with Crippen molar-refractivity contribution in [3.8, 4) is 5.75 Å². The minimum atomic E-state index is -0.148. The van der Waals surface area contributed by atoms with Crippen LogP contribution in [0, 0.1) is 5.92 Å². The molecule has 0 aliphatic heterocycles. The van der Waals surface area contributed by atoms with E-state index in [-0.39, 0.29) is 11.4 Å². The molecule has 1 heterocycles. The molecule has 0 spiro atoms. The molecule has 0 unspecified atom stereocenters. The second kappa shape index (κ2) is 5.52. The number of rotatable bonds is 6. The van der Waals surface area contributed by atoms with E-state index in [2.05, 4.69) is 24.5 Å². The van der Waals surface area contributed by atoms with E-state index in [0.717, 1.165) is 5.00 Å². The van der Waals surface area contributed by atoms with E-state index in [1.54, 1.807) is 7.11 Å². The Balaban J connectivity index is 2.28. The molecule has 1 aromatic heterocycles. The minimum absolute atomic E-state index is 0.0108. The highest BCUT2D eigenvalue weighted by atomic mass is 32.1. The first-order chi connectivity index (χ1) is 9.40. The maximum atomic E-state index is 12.0. The second-order valence-electron chi connectivity index (χ2n) is 5.69. The van der Waals surface area contributed by atoms with Gasteiger partial charge in [0.1, 0.15) is 15.6 Å². The summed E-state index contributed by atoms with van der Waals surface area (Å²) in [4.78, 5) is 12.5. The van der Waals surface area contributed by atoms with Crippen LogP contribution in [-0.2, 0) is 0 Å². The minimum Gasteiger partial charge on any atom is -0.492 e. The fourth-order valence-electron chi connectivity index (χ4n) is 2.32. The third-order valence-electron chi connectivity index (χ3n) is 3.68. The Morgan fingerprint density at radius 2 is 2.15 bits per heavy atom. The molecular formula is C14H23N3O2S. The number of hydrogen-bond acceptors (Lipinski definition) is 5. The first kappa shape index (κ1) is 15.0. The van der Waals surface area contributed by atoms with Gasteiger partial charge in [-0.25, -0.2) is 0 Å². The van der Waals surface area contributed by atoms with Crippen LogP contribution in [0.25, 0.3) is 0 Å². The maximum Gasteiger partial charge on any atom is 0.263 e. The van der Waals surface area contributed by atoms with E-state index in [0.29, 0.717) is 28.8 Å². The van der Waals surface area contributed by atoms with Crippen molar-refractivity contribution in [3.63, 3.8) is 0 Å². The Bertz CT molecular complexity index is 507. The largest absolute Gasteiger partial charge is 0.492 e.